The fraction of sp³-hybridized carbons (Fsp3) is 0.524. The van der Waals surface area contributed by atoms with Gasteiger partial charge in [-0.3, -0.25) is 5.32 Å². The molecule has 2 aliphatic rings. The molecule has 1 aliphatic heterocycles. The van der Waals surface area contributed by atoms with Gasteiger partial charge in [0.15, 0.2) is 0 Å². The zero-order valence-electron chi connectivity index (χ0n) is 17.2. The fourth-order valence-electron chi connectivity index (χ4n) is 4.26. The number of urea groups is 1. The van der Waals surface area contributed by atoms with E-state index in [9.17, 15) is 9.59 Å². The van der Waals surface area contributed by atoms with Gasteiger partial charge in [-0.05, 0) is 77.7 Å². The zero-order chi connectivity index (χ0) is 21.3. The van der Waals surface area contributed by atoms with Crippen LogP contribution in [0.4, 0.5) is 9.80 Å². The number of hydrogen-bond donors (Lipinski definition) is 3. The molecule has 2 amide bonds. The van der Waals surface area contributed by atoms with E-state index >= 15 is 0 Å². The quantitative estimate of drug-likeness (QED) is 0.484. The number of carbonyl (C=O) groups is 2. The first-order valence-electron chi connectivity index (χ1n) is 10.4. The lowest BCUT2D eigenvalue weighted by Gasteiger charge is -2.19. The van der Waals surface area contributed by atoms with Crippen molar-refractivity contribution in [2.45, 2.75) is 58.5 Å². The lowest BCUT2D eigenvalue weighted by molar-refractivity contribution is 0.0526. The van der Waals surface area contributed by atoms with Crippen LogP contribution in [-0.2, 0) is 30.7 Å². The molecule has 0 aromatic carbocycles. The Hall–Kier alpha value is -1.42. The monoisotopic (exact) mass is 511 g/mol. The Balaban J connectivity index is 1.51. The second kappa shape index (κ2) is 9.38. The zero-order valence-corrected chi connectivity index (χ0v) is 20.4. The third kappa shape index (κ3) is 4.30. The van der Waals surface area contributed by atoms with Crippen LogP contribution in [0.25, 0.3) is 0 Å². The van der Waals surface area contributed by atoms with Crippen molar-refractivity contribution >= 4 is 55.6 Å². The summed E-state index contributed by atoms with van der Waals surface area (Å²) in [5.41, 5.74) is 4.08. The standard InChI is InChI=1S/C21H26BrN3O3S2/c1-3-28-20(26)17-16-11(2)5-4-6-14(16)30-19(17)25-21(27)24-9-13-12-7-8-23-10-15(12)29-18(13)22/h11,23H,3-10H2,1-2H3,(H2,24,25,27). The average Bonchev–Trinajstić information content (AvgIpc) is 3.24. The van der Waals surface area contributed by atoms with Crippen LogP contribution in [0.1, 0.15) is 69.4 Å². The van der Waals surface area contributed by atoms with Gasteiger partial charge in [0, 0.05) is 22.8 Å². The van der Waals surface area contributed by atoms with Gasteiger partial charge in [-0.25, -0.2) is 9.59 Å². The number of carbonyl (C=O) groups excluding carboxylic acids is 2. The highest BCUT2D eigenvalue weighted by Gasteiger charge is 2.31. The van der Waals surface area contributed by atoms with Crippen molar-refractivity contribution in [2.75, 3.05) is 18.5 Å². The largest absolute Gasteiger partial charge is 0.462 e. The summed E-state index contributed by atoms with van der Waals surface area (Å²) in [6.45, 7) is 6.55. The highest BCUT2D eigenvalue weighted by Crippen LogP contribution is 2.43. The summed E-state index contributed by atoms with van der Waals surface area (Å²) in [5, 5.41) is 9.89. The minimum Gasteiger partial charge on any atom is -0.462 e. The number of halogens is 1. The molecule has 0 spiro atoms. The van der Waals surface area contributed by atoms with Crippen LogP contribution >= 0.6 is 38.6 Å². The van der Waals surface area contributed by atoms with Crippen LogP contribution in [0.15, 0.2) is 3.79 Å². The van der Waals surface area contributed by atoms with E-state index in [1.54, 1.807) is 18.3 Å². The van der Waals surface area contributed by atoms with Crippen LogP contribution in [-0.4, -0.2) is 25.2 Å². The van der Waals surface area contributed by atoms with Gasteiger partial charge in [-0.2, -0.15) is 0 Å². The van der Waals surface area contributed by atoms with Crippen molar-refractivity contribution in [3.63, 3.8) is 0 Å². The van der Waals surface area contributed by atoms with Crippen molar-refractivity contribution in [3.05, 3.63) is 35.8 Å². The molecule has 6 nitrogen and oxygen atoms in total. The Bertz CT molecular complexity index is 969. The van der Waals surface area contributed by atoms with Crippen molar-refractivity contribution in [1.29, 1.82) is 0 Å². The minimum atomic E-state index is -0.346. The molecule has 162 valence electrons. The first-order chi connectivity index (χ1) is 14.5. The van der Waals surface area contributed by atoms with Gasteiger partial charge in [0.1, 0.15) is 5.00 Å². The van der Waals surface area contributed by atoms with Crippen molar-refractivity contribution < 1.29 is 14.3 Å². The molecule has 4 rings (SSSR count). The number of fused-ring (bicyclic) bond motifs is 2. The summed E-state index contributed by atoms with van der Waals surface area (Å²) in [6, 6.07) is -0.299. The number of anilines is 1. The number of aryl methyl sites for hydroxylation is 1. The van der Waals surface area contributed by atoms with Crippen LogP contribution in [0.3, 0.4) is 0 Å². The summed E-state index contributed by atoms with van der Waals surface area (Å²) < 4.78 is 6.38. The van der Waals surface area contributed by atoms with Crippen molar-refractivity contribution in [2.24, 2.45) is 0 Å². The van der Waals surface area contributed by atoms with E-state index in [0.29, 0.717) is 29.6 Å². The third-order valence-corrected chi connectivity index (χ3v) is 8.88. The smallest absolute Gasteiger partial charge is 0.341 e. The maximum Gasteiger partial charge on any atom is 0.341 e. The highest BCUT2D eigenvalue weighted by atomic mass is 79.9. The van der Waals surface area contributed by atoms with E-state index in [1.807, 2.05) is 0 Å². The molecule has 0 saturated heterocycles. The second-order valence-corrected chi connectivity index (χ2v) is 11.2. The lowest BCUT2D eigenvalue weighted by atomic mass is 9.86. The SMILES string of the molecule is CCOC(=O)c1c(NC(=O)NCc2c(Br)sc3c2CCNC3)sc2c1C(C)CCC2. The van der Waals surface area contributed by atoms with E-state index in [-0.39, 0.29) is 12.0 Å². The van der Waals surface area contributed by atoms with Crippen molar-refractivity contribution in [3.8, 4) is 0 Å². The number of ether oxygens (including phenoxy) is 1. The molecule has 9 heteroatoms. The van der Waals surface area contributed by atoms with E-state index in [1.165, 1.54) is 26.7 Å². The molecule has 3 N–H and O–H groups in total. The highest BCUT2D eigenvalue weighted by molar-refractivity contribution is 9.11. The summed E-state index contributed by atoms with van der Waals surface area (Å²) in [7, 11) is 0. The topological polar surface area (TPSA) is 79.5 Å². The lowest BCUT2D eigenvalue weighted by Crippen LogP contribution is -2.29. The maximum atomic E-state index is 12.7. The van der Waals surface area contributed by atoms with E-state index in [4.69, 9.17) is 4.74 Å². The second-order valence-electron chi connectivity index (χ2n) is 7.65. The third-order valence-electron chi connectivity index (χ3n) is 5.68. The number of thiophene rings is 2. The Kier molecular flexibility index (Phi) is 6.81. The Morgan fingerprint density at radius 2 is 2.10 bits per heavy atom. The maximum absolute atomic E-state index is 12.7. The molecule has 2 aromatic rings. The summed E-state index contributed by atoms with van der Waals surface area (Å²) >= 11 is 6.88. The van der Waals surface area contributed by atoms with Crippen LogP contribution in [0, 0.1) is 0 Å². The van der Waals surface area contributed by atoms with Crippen LogP contribution in [0.5, 0.6) is 0 Å². The number of esters is 1. The minimum absolute atomic E-state index is 0.296. The number of rotatable bonds is 5. The van der Waals surface area contributed by atoms with Crippen LogP contribution < -0.4 is 16.0 Å². The molecule has 0 saturated carbocycles. The number of nitrogens with one attached hydrogen (secondary N) is 3. The van der Waals surface area contributed by atoms with E-state index in [2.05, 4.69) is 38.8 Å². The van der Waals surface area contributed by atoms with Gasteiger partial charge in [0.05, 0.1) is 16.0 Å². The molecule has 1 atom stereocenters. The van der Waals surface area contributed by atoms with Crippen molar-refractivity contribution in [1.82, 2.24) is 10.6 Å². The summed E-state index contributed by atoms with van der Waals surface area (Å²) in [4.78, 5) is 27.9. The molecule has 3 heterocycles. The molecule has 1 unspecified atom stereocenters. The molecule has 1 aliphatic carbocycles. The molecule has 2 aromatic heterocycles. The first kappa shape index (κ1) is 21.8. The van der Waals surface area contributed by atoms with E-state index < -0.39 is 0 Å². The molecule has 0 bridgehead atoms. The Labute approximate surface area is 192 Å². The van der Waals surface area contributed by atoms with Gasteiger partial charge in [0.2, 0.25) is 0 Å². The predicted molar refractivity (Wildman–Crippen MR) is 125 cm³/mol. The molecule has 0 fully saturated rings. The number of hydrogen-bond acceptors (Lipinski definition) is 6. The first-order valence-corrected chi connectivity index (χ1v) is 12.8. The summed E-state index contributed by atoms with van der Waals surface area (Å²) in [5.74, 6) is -0.0499. The fourth-order valence-corrected chi connectivity index (χ4v) is 7.63. The number of amides is 2. The Morgan fingerprint density at radius 3 is 2.90 bits per heavy atom. The van der Waals surface area contributed by atoms with Gasteiger partial charge >= 0.3 is 12.0 Å². The molecular weight excluding hydrogens is 486 g/mol. The Morgan fingerprint density at radius 1 is 1.27 bits per heavy atom. The van der Waals surface area contributed by atoms with E-state index in [0.717, 1.165) is 53.7 Å². The van der Waals surface area contributed by atoms with Gasteiger partial charge in [-0.15, -0.1) is 22.7 Å². The predicted octanol–water partition coefficient (Wildman–Crippen LogP) is 5.16. The molecular formula is C21H26BrN3O3S2. The average molecular weight is 512 g/mol. The van der Waals surface area contributed by atoms with Gasteiger partial charge in [-0.1, -0.05) is 6.92 Å². The molecule has 30 heavy (non-hydrogen) atoms. The molecule has 0 radical (unpaired) electrons. The van der Waals surface area contributed by atoms with Gasteiger partial charge < -0.3 is 15.4 Å². The van der Waals surface area contributed by atoms with Crippen LogP contribution in [0.2, 0.25) is 0 Å². The summed E-state index contributed by atoms with van der Waals surface area (Å²) in [6.07, 6.45) is 4.07. The van der Waals surface area contributed by atoms with Gasteiger partial charge in [0.25, 0.3) is 0 Å². The normalized spacial score (nSPS) is 17.8.